The summed E-state index contributed by atoms with van der Waals surface area (Å²) in [7, 11) is 3.39. The van der Waals surface area contributed by atoms with E-state index in [-0.39, 0.29) is 15.8 Å². The van der Waals surface area contributed by atoms with Gasteiger partial charge in [0, 0.05) is 6.08 Å². The van der Waals surface area contributed by atoms with Crippen molar-refractivity contribution in [3.63, 3.8) is 0 Å². The molecule has 0 saturated carbocycles. The van der Waals surface area contributed by atoms with Crippen LogP contribution in [0.2, 0.25) is 0 Å². The quantitative estimate of drug-likeness (QED) is 0.123. The van der Waals surface area contributed by atoms with Gasteiger partial charge >= 0.3 is 17.9 Å². The third-order valence-electron chi connectivity index (χ3n) is 2.50. The van der Waals surface area contributed by atoms with E-state index in [9.17, 15) is 19.2 Å². The number of nitrogens with two attached hydrogens (primary N) is 1. The third-order valence-corrected chi connectivity index (χ3v) is 3.48. The fourth-order valence-corrected chi connectivity index (χ4v) is 2.10. The molecule has 0 atom stereocenters. The standard InChI is InChI=1S/C12H14N4O7S/c1-21-8(17)4-6(11(20)23-3)14-15-12-16(13)10(19)7(24-12)5-9(18)22-2/h5H,4,13H2,1-3H3. The number of amides is 1. The molecule has 0 aromatic heterocycles. The van der Waals surface area contributed by atoms with Crippen LogP contribution >= 0.6 is 11.8 Å². The SMILES string of the molecule is COC(=O)C=C1SC(=NN=C(CC(=O)OC)C(=O)OC)N(N)C1=O. The molecule has 1 rings (SSSR count). The Morgan fingerprint density at radius 2 is 1.88 bits per heavy atom. The molecule has 11 nitrogen and oxygen atoms in total. The number of hydrazine groups is 1. The number of carbonyl (C=O) groups is 4. The van der Waals surface area contributed by atoms with E-state index in [4.69, 9.17) is 5.84 Å². The van der Waals surface area contributed by atoms with Gasteiger partial charge in [-0.05, 0) is 11.8 Å². The van der Waals surface area contributed by atoms with E-state index >= 15 is 0 Å². The fraction of sp³-hybridized carbons (Fsp3) is 0.333. The Bertz CT molecular complexity index is 656. The molecular formula is C12H14N4O7S. The van der Waals surface area contributed by atoms with Crippen LogP contribution in [-0.4, -0.2) is 61.0 Å². The normalized spacial score (nSPS) is 18.1. The lowest BCUT2D eigenvalue weighted by Gasteiger charge is -2.05. The molecule has 0 radical (unpaired) electrons. The van der Waals surface area contributed by atoms with Gasteiger partial charge in [0.05, 0.1) is 32.7 Å². The minimum absolute atomic E-state index is 0.0362. The van der Waals surface area contributed by atoms with Gasteiger partial charge in [-0.1, -0.05) is 0 Å². The van der Waals surface area contributed by atoms with Crippen molar-refractivity contribution in [1.29, 1.82) is 0 Å². The summed E-state index contributed by atoms with van der Waals surface area (Å²) >= 11 is 0.743. The number of rotatable bonds is 5. The van der Waals surface area contributed by atoms with Crippen LogP contribution in [0.25, 0.3) is 0 Å². The summed E-state index contributed by atoms with van der Waals surface area (Å²) < 4.78 is 13.3. The van der Waals surface area contributed by atoms with Gasteiger partial charge in [0.2, 0.25) is 5.17 Å². The number of esters is 3. The highest BCUT2D eigenvalue weighted by molar-refractivity contribution is 8.18. The summed E-state index contributed by atoms with van der Waals surface area (Å²) in [4.78, 5) is 45.8. The minimum atomic E-state index is -0.895. The highest BCUT2D eigenvalue weighted by atomic mass is 32.2. The van der Waals surface area contributed by atoms with Crippen molar-refractivity contribution in [1.82, 2.24) is 5.01 Å². The van der Waals surface area contributed by atoms with Gasteiger partial charge in [0.25, 0.3) is 5.91 Å². The lowest BCUT2D eigenvalue weighted by molar-refractivity contribution is -0.140. The first-order chi connectivity index (χ1) is 11.3. The summed E-state index contributed by atoms with van der Waals surface area (Å²) in [6, 6.07) is 0. The van der Waals surface area contributed by atoms with Gasteiger partial charge in [0.1, 0.15) is 0 Å². The molecule has 24 heavy (non-hydrogen) atoms. The number of hydrogen-bond donors (Lipinski definition) is 1. The number of thioether (sulfide) groups is 1. The highest BCUT2D eigenvalue weighted by Crippen LogP contribution is 2.28. The zero-order valence-electron chi connectivity index (χ0n) is 13.0. The van der Waals surface area contributed by atoms with E-state index in [0.717, 1.165) is 39.2 Å². The summed E-state index contributed by atoms with van der Waals surface area (Å²) in [5.41, 5.74) is -0.344. The average molecular weight is 358 g/mol. The topological polar surface area (TPSA) is 150 Å². The first-order valence-corrected chi connectivity index (χ1v) is 7.02. The smallest absolute Gasteiger partial charge is 0.354 e. The van der Waals surface area contributed by atoms with Crippen molar-refractivity contribution >= 4 is 46.5 Å². The number of hydrogen-bond acceptors (Lipinski definition) is 11. The van der Waals surface area contributed by atoms with E-state index in [1.165, 1.54) is 0 Å². The minimum Gasteiger partial charge on any atom is -0.469 e. The van der Waals surface area contributed by atoms with Crippen molar-refractivity contribution in [2.75, 3.05) is 21.3 Å². The van der Waals surface area contributed by atoms with E-state index in [2.05, 4.69) is 24.4 Å². The van der Waals surface area contributed by atoms with Crippen LogP contribution in [0.15, 0.2) is 21.2 Å². The molecule has 1 saturated heterocycles. The second-order valence-corrected chi connectivity index (χ2v) is 4.99. The van der Waals surface area contributed by atoms with Gasteiger partial charge in [-0.25, -0.2) is 20.4 Å². The van der Waals surface area contributed by atoms with Gasteiger partial charge < -0.3 is 14.2 Å². The zero-order chi connectivity index (χ0) is 18.3. The van der Waals surface area contributed by atoms with E-state index in [0.29, 0.717) is 5.01 Å². The Labute approximate surface area is 140 Å². The van der Waals surface area contributed by atoms with Crippen molar-refractivity contribution in [3.8, 4) is 0 Å². The van der Waals surface area contributed by atoms with Crippen LogP contribution in [0.5, 0.6) is 0 Å². The molecule has 12 heteroatoms. The van der Waals surface area contributed by atoms with Gasteiger partial charge in [0.15, 0.2) is 5.71 Å². The monoisotopic (exact) mass is 358 g/mol. The molecule has 2 N–H and O–H groups in total. The highest BCUT2D eigenvalue weighted by Gasteiger charge is 2.32. The van der Waals surface area contributed by atoms with Crippen LogP contribution in [-0.2, 0) is 33.4 Å². The summed E-state index contributed by atoms with van der Waals surface area (Å²) in [5, 5.41) is 7.74. The fourth-order valence-electron chi connectivity index (χ4n) is 1.30. The van der Waals surface area contributed by atoms with Crippen molar-refractivity contribution in [3.05, 3.63) is 11.0 Å². The van der Waals surface area contributed by atoms with Crippen molar-refractivity contribution < 1.29 is 33.4 Å². The molecular weight excluding hydrogens is 344 g/mol. The largest absolute Gasteiger partial charge is 0.469 e. The lowest BCUT2D eigenvalue weighted by atomic mass is 10.3. The van der Waals surface area contributed by atoms with Gasteiger partial charge in [-0.3, -0.25) is 9.59 Å². The molecule has 1 amide bonds. The maximum absolute atomic E-state index is 11.8. The second kappa shape index (κ2) is 8.79. The first-order valence-electron chi connectivity index (χ1n) is 6.20. The molecule has 0 bridgehead atoms. The summed E-state index contributed by atoms with van der Waals surface area (Å²) in [6.07, 6.45) is 0.461. The molecule has 0 aromatic carbocycles. The molecule has 1 aliphatic heterocycles. The van der Waals surface area contributed by atoms with Crippen molar-refractivity contribution in [2.45, 2.75) is 6.42 Å². The zero-order valence-corrected chi connectivity index (χ0v) is 13.8. The van der Waals surface area contributed by atoms with E-state index in [1.807, 2.05) is 0 Å². The number of amidine groups is 1. The van der Waals surface area contributed by atoms with Crippen LogP contribution in [0, 0.1) is 0 Å². The lowest BCUT2D eigenvalue weighted by Crippen LogP contribution is -2.35. The van der Waals surface area contributed by atoms with E-state index < -0.39 is 30.2 Å². The molecule has 0 aliphatic carbocycles. The Kier molecular flexibility index (Phi) is 7.07. The Morgan fingerprint density at radius 3 is 2.42 bits per heavy atom. The number of nitrogens with zero attached hydrogens (tertiary/aromatic N) is 3. The maximum Gasteiger partial charge on any atom is 0.354 e. The third kappa shape index (κ3) is 4.89. The Balaban J connectivity index is 3.06. The van der Waals surface area contributed by atoms with Crippen LogP contribution in [0.3, 0.4) is 0 Å². The second-order valence-electron chi connectivity index (χ2n) is 3.98. The number of methoxy groups -OCH3 is 3. The molecule has 130 valence electrons. The van der Waals surface area contributed by atoms with E-state index in [1.54, 1.807) is 0 Å². The van der Waals surface area contributed by atoms with Crippen LogP contribution in [0.4, 0.5) is 0 Å². The predicted octanol–water partition coefficient (Wildman–Crippen LogP) is -1.06. The predicted molar refractivity (Wildman–Crippen MR) is 82.2 cm³/mol. The Morgan fingerprint density at radius 1 is 1.21 bits per heavy atom. The summed E-state index contributed by atoms with van der Waals surface area (Å²) in [5.74, 6) is 2.44. The Hall–Kier alpha value is -2.73. The molecule has 1 fully saturated rings. The maximum atomic E-state index is 11.8. The van der Waals surface area contributed by atoms with Gasteiger partial charge in [-0.15, -0.1) is 10.2 Å². The molecule has 1 aliphatic rings. The molecule has 0 unspecified atom stereocenters. The van der Waals surface area contributed by atoms with Crippen LogP contribution in [0.1, 0.15) is 6.42 Å². The number of carbonyl (C=O) groups excluding carboxylic acids is 4. The van der Waals surface area contributed by atoms with Crippen LogP contribution < -0.4 is 5.84 Å². The molecule has 0 aromatic rings. The first kappa shape index (κ1) is 19.3. The molecule has 1 heterocycles. The summed E-state index contributed by atoms with van der Waals surface area (Å²) in [6.45, 7) is 0. The van der Waals surface area contributed by atoms with Crippen molar-refractivity contribution in [2.24, 2.45) is 16.0 Å². The van der Waals surface area contributed by atoms with Gasteiger partial charge in [-0.2, -0.15) is 0 Å². The number of ether oxygens (including phenoxy) is 3. The average Bonchev–Trinajstić information content (AvgIpc) is 2.85. The molecule has 0 spiro atoms.